The van der Waals surface area contributed by atoms with Crippen LogP contribution in [0.15, 0.2) is 54.6 Å². The molecule has 108 valence electrons. The van der Waals surface area contributed by atoms with Gasteiger partial charge in [0, 0.05) is 5.57 Å². The molecule has 4 heteroatoms. The highest BCUT2D eigenvalue weighted by molar-refractivity contribution is 6.24. The van der Waals surface area contributed by atoms with Gasteiger partial charge in [-0.05, 0) is 36.3 Å². The van der Waals surface area contributed by atoms with E-state index in [2.05, 4.69) is 0 Å². The quantitative estimate of drug-likeness (QED) is 0.584. The molecule has 0 fully saturated rings. The van der Waals surface area contributed by atoms with Gasteiger partial charge in [0.25, 0.3) is 0 Å². The summed E-state index contributed by atoms with van der Waals surface area (Å²) in [6.45, 7) is 1.34. The zero-order chi connectivity index (χ0) is 15.5. The molecule has 0 aliphatic rings. The van der Waals surface area contributed by atoms with Crippen LogP contribution >= 0.6 is 0 Å². The molecule has 0 radical (unpaired) electrons. The minimum absolute atomic E-state index is 0.257. The van der Waals surface area contributed by atoms with Gasteiger partial charge in [-0.2, -0.15) is 13.2 Å². The number of alkyl halides is 3. The summed E-state index contributed by atoms with van der Waals surface area (Å²) in [5, 5.41) is 0. The van der Waals surface area contributed by atoms with Gasteiger partial charge >= 0.3 is 6.18 Å². The Hall–Kier alpha value is -2.36. The van der Waals surface area contributed by atoms with Crippen LogP contribution in [0, 0.1) is 0 Å². The molecule has 1 nitrogen and oxygen atoms in total. The van der Waals surface area contributed by atoms with Gasteiger partial charge in [0.2, 0.25) is 0 Å². The van der Waals surface area contributed by atoms with Gasteiger partial charge in [-0.3, -0.25) is 4.79 Å². The van der Waals surface area contributed by atoms with E-state index in [-0.39, 0.29) is 16.9 Å². The lowest BCUT2D eigenvalue weighted by atomic mass is 9.98. The molecular formula is C17H13F3O. The molecule has 2 aromatic rings. The molecule has 2 rings (SSSR count). The predicted molar refractivity (Wildman–Crippen MR) is 76.4 cm³/mol. The molecule has 0 spiro atoms. The third kappa shape index (κ3) is 3.81. The molecule has 0 atom stereocenters. The van der Waals surface area contributed by atoms with Crippen LogP contribution < -0.4 is 0 Å². The van der Waals surface area contributed by atoms with Gasteiger partial charge in [0.05, 0.1) is 5.56 Å². The Bertz CT molecular complexity index is 670. The van der Waals surface area contributed by atoms with Crippen molar-refractivity contribution in [3.05, 3.63) is 71.3 Å². The molecular weight excluding hydrogens is 277 g/mol. The van der Waals surface area contributed by atoms with Crippen molar-refractivity contribution < 1.29 is 18.0 Å². The van der Waals surface area contributed by atoms with E-state index in [1.54, 1.807) is 30.3 Å². The van der Waals surface area contributed by atoms with E-state index in [1.807, 2.05) is 6.07 Å². The first-order valence-electron chi connectivity index (χ1n) is 6.33. The molecule has 0 N–H and O–H groups in total. The van der Waals surface area contributed by atoms with Gasteiger partial charge in [0.1, 0.15) is 0 Å². The van der Waals surface area contributed by atoms with E-state index in [0.29, 0.717) is 0 Å². The first kappa shape index (κ1) is 15.0. The topological polar surface area (TPSA) is 17.1 Å². The van der Waals surface area contributed by atoms with Crippen LogP contribution in [-0.4, -0.2) is 5.78 Å². The van der Waals surface area contributed by atoms with Crippen molar-refractivity contribution >= 4 is 17.4 Å². The van der Waals surface area contributed by atoms with Crippen molar-refractivity contribution in [1.82, 2.24) is 0 Å². The number of allylic oxidation sites excluding steroid dienone is 1. The average molecular weight is 290 g/mol. The van der Waals surface area contributed by atoms with E-state index in [0.717, 1.165) is 17.7 Å². The van der Waals surface area contributed by atoms with E-state index in [9.17, 15) is 18.0 Å². The Kier molecular flexibility index (Phi) is 4.26. The zero-order valence-electron chi connectivity index (χ0n) is 11.3. The second kappa shape index (κ2) is 5.95. The first-order chi connectivity index (χ1) is 9.88. The Morgan fingerprint density at radius 2 is 1.67 bits per heavy atom. The highest BCUT2D eigenvalue weighted by Gasteiger charge is 2.30. The number of benzene rings is 2. The second-order valence-electron chi connectivity index (χ2n) is 4.60. The Morgan fingerprint density at radius 1 is 1.00 bits per heavy atom. The van der Waals surface area contributed by atoms with Crippen LogP contribution in [0.25, 0.3) is 11.6 Å². The summed E-state index contributed by atoms with van der Waals surface area (Å²) < 4.78 is 38.3. The van der Waals surface area contributed by atoms with E-state index < -0.39 is 11.7 Å². The summed E-state index contributed by atoms with van der Waals surface area (Å²) in [6.07, 6.45) is -2.83. The molecule has 0 aliphatic carbocycles. The molecule has 0 heterocycles. The number of hydrogen-bond acceptors (Lipinski definition) is 1. The SMILES string of the molecule is CC(=O)C(=Cc1ccccc1)c1cccc(C(F)(F)F)c1. The molecule has 0 saturated carbocycles. The van der Waals surface area contributed by atoms with Gasteiger partial charge < -0.3 is 0 Å². The third-order valence-electron chi connectivity index (χ3n) is 2.99. The summed E-state index contributed by atoms with van der Waals surface area (Å²) >= 11 is 0. The summed E-state index contributed by atoms with van der Waals surface area (Å²) in [4.78, 5) is 11.8. The maximum absolute atomic E-state index is 12.8. The number of ketones is 1. The van der Waals surface area contributed by atoms with Crippen LogP contribution in [0.1, 0.15) is 23.6 Å². The Balaban J connectivity index is 2.50. The fourth-order valence-corrected chi connectivity index (χ4v) is 1.97. The molecule has 2 aromatic carbocycles. The normalized spacial score (nSPS) is 12.3. The number of hydrogen-bond donors (Lipinski definition) is 0. The van der Waals surface area contributed by atoms with Crippen molar-refractivity contribution in [1.29, 1.82) is 0 Å². The fraction of sp³-hybridized carbons (Fsp3) is 0.118. The molecule has 0 saturated heterocycles. The second-order valence-corrected chi connectivity index (χ2v) is 4.60. The van der Waals surface area contributed by atoms with Crippen LogP contribution in [0.4, 0.5) is 13.2 Å². The fourth-order valence-electron chi connectivity index (χ4n) is 1.97. The van der Waals surface area contributed by atoms with Crippen LogP contribution in [0.5, 0.6) is 0 Å². The van der Waals surface area contributed by atoms with Crippen LogP contribution in [-0.2, 0) is 11.0 Å². The van der Waals surface area contributed by atoms with Crippen molar-refractivity contribution in [2.75, 3.05) is 0 Å². The molecule has 21 heavy (non-hydrogen) atoms. The van der Waals surface area contributed by atoms with Crippen molar-refractivity contribution in [2.45, 2.75) is 13.1 Å². The highest BCUT2D eigenvalue weighted by Crippen LogP contribution is 2.31. The Labute approximate surface area is 120 Å². The van der Waals surface area contributed by atoms with Gasteiger partial charge in [0.15, 0.2) is 5.78 Å². The van der Waals surface area contributed by atoms with Crippen molar-refractivity contribution in [2.24, 2.45) is 0 Å². The largest absolute Gasteiger partial charge is 0.416 e. The zero-order valence-corrected chi connectivity index (χ0v) is 11.3. The number of Topliss-reactive ketones (excluding diaryl/α,β-unsaturated/α-hetero) is 1. The van der Waals surface area contributed by atoms with E-state index >= 15 is 0 Å². The summed E-state index contributed by atoms with van der Waals surface area (Å²) in [5.41, 5.74) is 0.522. The summed E-state index contributed by atoms with van der Waals surface area (Å²) in [5.74, 6) is -0.279. The highest BCUT2D eigenvalue weighted by atomic mass is 19.4. The molecule has 0 amide bonds. The Morgan fingerprint density at radius 3 is 2.24 bits per heavy atom. The standard InChI is InChI=1S/C17H13F3O/c1-12(21)16(10-13-6-3-2-4-7-13)14-8-5-9-15(11-14)17(18,19)20/h2-11H,1H3. The number of carbonyl (C=O) groups excluding carboxylic acids is 1. The number of halogens is 3. The van der Waals surface area contributed by atoms with Crippen LogP contribution in [0.2, 0.25) is 0 Å². The summed E-state index contributed by atoms with van der Waals surface area (Å²) in [7, 11) is 0. The average Bonchev–Trinajstić information content (AvgIpc) is 2.45. The van der Waals surface area contributed by atoms with Crippen LogP contribution in [0.3, 0.4) is 0 Å². The van der Waals surface area contributed by atoms with E-state index in [4.69, 9.17) is 0 Å². The monoisotopic (exact) mass is 290 g/mol. The van der Waals surface area contributed by atoms with Gasteiger partial charge in [-0.15, -0.1) is 0 Å². The maximum atomic E-state index is 12.8. The number of carbonyl (C=O) groups is 1. The van der Waals surface area contributed by atoms with Crippen molar-refractivity contribution in [3.63, 3.8) is 0 Å². The minimum Gasteiger partial charge on any atom is -0.294 e. The number of rotatable bonds is 3. The third-order valence-corrected chi connectivity index (χ3v) is 2.99. The lowest BCUT2D eigenvalue weighted by Crippen LogP contribution is -2.06. The van der Waals surface area contributed by atoms with E-state index in [1.165, 1.54) is 19.1 Å². The lowest BCUT2D eigenvalue weighted by molar-refractivity contribution is -0.137. The maximum Gasteiger partial charge on any atom is 0.416 e. The molecule has 0 unspecified atom stereocenters. The predicted octanol–water partition coefficient (Wildman–Crippen LogP) is 4.84. The first-order valence-corrected chi connectivity index (χ1v) is 6.33. The van der Waals surface area contributed by atoms with Crippen molar-refractivity contribution in [3.8, 4) is 0 Å². The summed E-state index contributed by atoms with van der Waals surface area (Å²) in [6, 6.07) is 13.8. The smallest absolute Gasteiger partial charge is 0.294 e. The molecule has 0 aliphatic heterocycles. The van der Waals surface area contributed by atoms with Gasteiger partial charge in [-0.1, -0.05) is 42.5 Å². The molecule has 0 aromatic heterocycles. The molecule has 0 bridgehead atoms. The lowest BCUT2D eigenvalue weighted by Gasteiger charge is -2.10. The minimum atomic E-state index is -4.43. The van der Waals surface area contributed by atoms with Gasteiger partial charge in [-0.25, -0.2) is 0 Å².